The van der Waals surface area contributed by atoms with Crippen molar-refractivity contribution in [3.8, 4) is 0 Å². The smallest absolute Gasteiger partial charge is 0.223 e. The van der Waals surface area contributed by atoms with Crippen molar-refractivity contribution in [2.75, 3.05) is 0 Å². The Kier molecular flexibility index (Phi) is 3.30. The summed E-state index contributed by atoms with van der Waals surface area (Å²) in [5.41, 5.74) is 0.924. The average Bonchev–Trinajstić information content (AvgIpc) is 2.76. The minimum atomic E-state index is -1.36. The third-order valence-corrected chi connectivity index (χ3v) is 7.61. The molecule has 134 valence electrons. The van der Waals surface area contributed by atoms with Gasteiger partial charge in [0.15, 0.2) is 17.7 Å². The molecule has 25 heavy (non-hydrogen) atoms. The van der Waals surface area contributed by atoms with Crippen LogP contribution in [0.2, 0.25) is 0 Å². The second-order valence-corrected chi connectivity index (χ2v) is 8.87. The molecule has 4 heteroatoms. The van der Waals surface area contributed by atoms with Crippen molar-refractivity contribution in [1.82, 2.24) is 0 Å². The van der Waals surface area contributed by atoms with E-state index in [1.54, 1.807) is 6.92 Å². The summed E-state index contributed by atoms with van der Waals surface area (Å²) in [7, 11) is 0. The van der Waals surface area contributed by atoms with Crippen molar-refractivity contribution in [1.29, 1.82) is 0 Å². The van der Waals surface area contributed by atoms with Crippen LogP contribution in [0.1, 0.15) is 46.5 Å². The largest absolute Gasteiger partial charge is 0.504 e. The van der Waals surface area contributed by atoms with Crippen molar-refractivity contribution in [3.63, 3.8) is 0 Å². The first kappa shape index (κ1) is 16.7. The molecule has 4 rings (SSSR count). The Labute approximate surface area is 147 Å². The second kappa shape index (κ2) is 4.93. The molecule has 3 saturated carbocycles. The lowest BCUT2D eigenvalue weighted by Crippen LogP contribution is -2.51. The molecule has 4 aliphatic carbocycles. The van der Waals surface area contributed by atoms with Crippen molar-refractivity contribution in [2.24, 2.45) is 28.6 Å². The Hall–Kier alpha value is -1.71. The fourth-order valence-electron chi connectivity index (χ4n) is 6.44. The van der Waals surface area contributed by atoms with Crippen LogP contribution >= 0.6 is 0 Å². The lowest BCUT2D eigenvalue weighted by Gasteiger charge is -2.56. The molecule has 0 radical (unpaired) electrons. The number of carbonyl (C=O) groups excluding carboxylic acids is 2. The first-order valence-electron chi connectivity index (χ1n) is 9.15. The number of aliphatic hydroxyl groups excluding tert-OH is 1. The van der Waals surface area contributed by atoms with E-state index in [2.05, 4.69) is 13.5 Å². The minimum Gasteiger partial charge on any atom is -0.504 e. The molecule has 3 fully saturated rings. The number of rotatable bonds is 0. The molecule has 1 N–H and O–H groups in total. The Bertz CT molecular complexity index is 776. The van der Waals surface area contributed by atoms with Gasteiger partial charge in [-0.15, -0.1) is 0 Å². The van der Waals surface area contributed by atoms with Gasteiger partial charge in [-0.25, -0.2) is 4.39 Å². The molecular formula is C21H25FO3. The molecule has 0 aliphatic heterocycles. The third kappa shape index (κ3) is 1.91. The molecular weight excluding hydrogens is 319 g/mol. The van der Waals surface area contributed by atoms with E-state index in [-0.39, 0.29) is 35.1 Å². The zero-order valence-corrected chi connectivity index (χ0v) is 15.1. The van der Waals surface area contributed by atoms with Crippen LogP contribution in [0.25, 0.3) is 0 Å². The fourth-order valence-corrected chi connectivity index (χ4v) is 6.44. The summed E-state index contributed by atoms with van der Waals surface area (Å²) in [4.78, 5) is 24.7. The molecule has 0 spiro atoms. The highest BCUT2D eigenvalue weighted by Crippen LogP contribution is 2.65. The lowest BCUT2D eigenvalue weighted by atomic mass is 9.47. The van der Waals surface area contributed by atoms with E-state index in [0.29, 0.717) is 30.4 Å². The average molecular weight is 344 g/mol. The number of ketones is 2. The number of fused-ring (bicyclic) bond motifs is 5. The fraction of sp³-hybridized carbons (Fsp3) is 0.619. The van der Waals surface area contributed by atoms with E-state index in [0.717, 1.165) is 12.0 Å². The maximum atomic E-state index is 14.2. The van der Waals surface area contributed by atoms with E-state index < -0.39 is 17.0 Å². The van der Waals surface area contributed by atoms with Gasteiger partial charge >= 0.3 is 0 Å². The van der Waals surface area contributed by atoms with Crippen LogP contribution in [-0.4, -0.2) is 22.8 Å². The first-order valence-corrected chi connectivity index (χ1v) is 9.15. The zero-order valence-electron chi connectivity index (χ0n) is 15.1. The van der Waals surface area contributed by atoms with Gasteiger partial charge in [0.1, 0.15) is 0 Å². The van der Waals surface area contributed by atoms with Gasteiger partial charge in [-0.3, -0.25) is 9.59 Å². The van der Waals surface area contributed by atoms with Crippen LogP contribution in [0.3, 0.4) is 0 Å². The third-order valence-electron chi connectivity index (χ3n) is 7.61. The highest BCUT2D eigenvalue weighted by atomic mass is 19.1. The lowest BCUT2D eigenvalue weighted by molar-refractivity contribution is -0.134. The Morgan fingerprint density at radius 3 is 2.64 bits per heavy atom. The Balaban J connectivity index is 1.83. The van der Waals surface area contributed by atoms with Crippen LogP contribution < -0.4 is 0 Å². The van der Waals surface area contributed by atoms with E-state index in [1.165, 1.54) is 0 Å². The molecule has 4 aliphatic rings. The number of halogens is 1. The molecule has 3 nitrogen and oxygen atoms in total. The maximum absolute atomic E-state index is 14.2. The van der Waals surface area contributed by atoms with Gasteiger partial charge < -0.3 is 5.11 Å². The minimum absolute atomic E-state index is 0.0114. The Morgan fingerprint density at radius 1 is 1.28 bits per heavy atom. The quantitative estimate of drug-likeness (QED) is 0.714. The van der Waals surface area contributed by atoms with Crippen molar-refractivity contribution in [2.45, 2.75) is 52.6 Å². The number of allylic oxidation sites excluding steroid dienone is 4. The van der Waals surface area contributed by atoms with Gasteiger partial charge in [-0.05, 0) is 61.5 Å². The van der Waals surface area contributed by atoms with Crippen LogP contribution in [0.15, 0.2) is 35.1 Å². The van der Waals surface area contributed by atoms with Gasteiger partial charge in [0.25, 0.3) is 0 Å². The molecule has 6 atom stereocenters. The standard InChI is InChI=1S/C21H25FO3/c1-10-7-12-13(5-6-20(3)14(12)8-15(22)19(20)25)21(4)9-11(2)17(23)18(24)16(10)21/h9,12-15,24H,1,5-8H2,2-4H3/t12-,13+,14+,15+,20+,21-/m1/s1. The molecule has 0 aromatic rings. The normalized spacial score (nSPS) is 46.6. The van der Waals surface area contributed by atoms with E-state index in [4.69, 9.17) is 0 Å². The van der Waals surface area contributed by atoms with Gasteiger partial charge in [0, 0.05) is 16.4 Å². The van der Waals surface area contributed by atoms with Crippen molar-refractivity contribution in [3.05, 3.63) is 35.1 Å². The number of hydrogen-bond acceptors (Lipinski definition) is 3. The number of aliphatic hydroxyl groups is 1. The van der Waals surface area contributed by atoms with Gasteiger partial charge in [0.05, 0.1) is 0 Å². The number of Topliss-reactive ketones (excluding diaryl/α,β-unsaturated/α-hetero) is 2. The predicted octanol–water partition coefficient (Wildman–Crippen LogP) is 4.25. The molecule has 0 saturated heterocycles. The van der Waals surface area contributed by atoms with Crippen LogP contribution in [0, 0.1) is 28.6 Å². The second-order valence-electron chi connectivity index (χ2n) is 8.87. The number of hydrogen-bond donors (Lipinski definition) is 1. The van der Waals surface area contributed by atoms with Crippen LogP contribution in [0.5, 0.6) is 0 Å². The maximum Gasteiger partial charge on any atom is 0.223 e. The van der Waals surface area contributed by atoms with Crippen LogP contribution in [-0.2, 0) is 9.59 Å². The van der Waals surface area contributed by atoms with Gasteiger partial charge in [-0.2, -0.15) is 0 Å². The monoisotopic (exact) mass is 344 g/mol. The molecule has 0 unspecified atom stereocenters. The molecule has 0 aromatic carbocycles. The molecule has 0 aromatic heterocycles. The number of carbonyl (C=O) groups is 2. The van der Waals surface area contributed by atoms with E-state index in [9.17, 15) is 19.1 Å². The van der Waals surface area contributed by atoms with E-state index >= 15 is 0 Å². The summed E-state index contributed by atoms with van der Waals surface area (Å²) in [5.74, 6) is -0.374. The summed E-state index contributed by atoms with van der Waals surface area (Å²) < 4.78 is 14.2. The molecule has 0 bridgehead atoms. The van der Waals surface area contributed by atoms with Crippen LogP contribution in [0.4, 0.5) is 4.39 Å². The number of alkyl halides is 1. The highest BCUT2D eigenvalue weighted by molar-refractivity contribution is 6.08. The topological polar surface area (TPSA) is 54.4 Å². The molecule has 0 heterocycles. The van der Waals surface area contributed by atoms with E-state index in [1.807, 2.05) is 13.0 Å². The Morgan fingerprint density at radius 2 is 1.96 bits per heavy atom. The summed E-state index contributed by atoms with van der Waals surface area (Å²) in [6.45, 7) is 9.86. The zero-order chi connectivity index (χ0) is 18.3. The SMILES string of the molecule is C=C1C[C@@H]2[C@H](CC[C@]3(C)C(=O)[C@@H](F)C[C@@H]23)[C@@]2(C)C=C(C)C(=O)C(O)=C12. The van der Waals surface area contributed by atoms with Gasteiger partial charge in [0.2, 0.25) is 5.78 Å². The van der Waals surface area contributed by atoms with Crippen molar-refractivity contribution < 1.29 is 19.1 Å². The summed E-state index contributed by atoms with van der Waals surface area (Å²) in [6.07, 6.45) is 3.01. The summed E-state index contributed by atoms with van der Waals surface area (Å²) >= 11 is 0. The first-order chi connectivity index (χ1) is 11.6. The van der Waals surface area contributed by atoms with Gasteiger partial charge in [-0.1, -0.05) is 26.5 Å². The summed E-state index contributed by atoms with van der Waals surface area (Å²) in [5, 5.41) is 10.5. The van der Waals surface area contributed by atoms with Crippen molar-refractivity contribution >= 4 is 11.6 Å². The predicted molar refractivity (Wildman–Crippen MR) is 92.6 cm³/mol. The highest BCUT2D eigenvalue weighted by Gasteiger charge is 2.62. The summed E-state index contributed by atoms with van der Waals surface area (Å²) in [6, 6.07) is 0. The molecule has 0 amide bonds.